The number of hydrogen-bond acceptors (Lipinski definition) is 3. The van der Waals surface area contributed by atoms with E-state index in [0.717, 1.165) is 45.6 Å². The van der Waals surface area contributed by atoms with Crippen LogP contribution < -0.4 is 14.7 Å². The van der Waals surface area contributed by atoms with Crippen molar-refractivity contribution in [2.75, 3.05) is 14.7 Å². The van der Waals surface area contributed by atoms with Crippen molar-refractivity contribution >= 4 is 62.2 Å². The van der Waals surface area contributed by atoms with Gasteiger partial charge in [0.25, 0.3) is 0 Å². The second-order valence-electron chi connectivity index (χ2n) is 14.2. The zero-order valence-electron chi connectivity index (χ0n) is 28.5. The van der Waals surface area contributed by atoms with Gasteiger partial charge in [-0.2, -0.15) is 0 Å². The van der Waals surface area contributed by atoms with Gasteiger partial charge in [-0.3, -0.25) is 9.47 Å². The summed E-state index contributed by atoms with van der Waals surface area (Å²) in [6.07, 6.45) is 0. The molecule has 0 saturated heterocycles. The van der Waals surface area contributed by atoms with Crippen LogP contribution in [0.1, 0.15) is 25.0 Å². The third kappa shape index (κ3) is 3.69. The van der Waals surface area contributed by atoms with Gasteiger partial charge in [-0.1, -0.05) is 117 Å². The van der Waals surface area contributed by atoms with E-state index in [0.29, 0.717) is 0 Å². The van der Waals surface area contributed by atoms with E-state index in [-0.39, 0.29) is 5.41 Å². The number of fused-ring (bicyclic) bond motifs is 10. The van der Waals surface area contributed by atoms with Crippen molar-refractivity contribution in [1.82, 2.24) is 4.57 Å². The molecule has 4 nitrogen and oxygen atoms in total. The minimum absolute atomic E-state index is 0.136. The fourth-order valence-electron chi connectivity index (χ4n) is 9.04. The van der Waals surface area contributed by atoms with Gasteiger partial charge in [0, 0.05) is 27.9 Å². The van der Waals surface area contributed by atoms with Gasteiger partial charge in [0.05, 0.1) is 39.6 Å². The molecule has 51 heavy (non-hydrogen) atoms. The third-order valence-electron chi connectivity index (χ3n) is 11.2. The summed E-state index contributed by atoms with van der Waals surface area (Å²) in [5, 5.41) is 1.27. The molecule has 242 valence electrons. The first-order chi connectivity index (χ1) is 25.1. The van der Waals surface area contributed by atoms with Gasteiger partial charge in [-0.05, 0) is 89.0 Å². The Hall–Kier alpha value is -6.52. The predicted octanol–water partition coefficient (Wildman–Crippen LogP) is 13.0. The zero-order valence-corrected chi connectivity index (χ0v) is 28.5. The fourth-order valence-corrected chi connectivity index (χ4v) is 9.04. The first-order valence-corrected chi connectivity index (χ1v) is 17.7. The molecular formula is C47H34N4. The average molecular weight is 655 g/mol. The molecular weight excluding hydrogens is 621 g/mol. The Morgan fingerprint density at radius 2 is 0.922 bits per heavy atom. The van der Waals surface area contributed by atoms with Crippen molar-refractivity contribution in [3.05, 3.63) is 181 Å². The van der Waals surface area contributed by atoms with Crippen LogP contribution in [0.4, 0.5) is 51.3 Å². The van der Waals surface area contributed by atoms with E-state index in [9.17, 15) is 0 Å². The summed E-state index contributed by atoms with van der Waals surface area (Å²) in [4.78, 5) is 7.50. The maximum Gasteiger partial charge on any atom is 0.148 e. The van der Waals surface area contributed by atoms with Crippen LogP contribution in [0.5, 0.6) is 0 Å². The van der Waals surface area contributed by atoms with Gasteiger partial charge in [-0.15, -0.1) is 0 Å². The van der Waals surface area contributed by atoms with E-state index >= 15 is 0 Å². The molecule has 3 aliphatic rings. The Bertz CT molecular complexity index is 2670. The summed E-state index contributed by atoms with van der Waals surface area (Å²) in [7, 11) is 0. The molecule has 0 fully saturated rings. The van der Waals surface area contributed by atoms with E-state index in [4.69, 9.17) is 0 Å². The highest BCUT2D eigenvalue weighted by Crippen LogP contribution is 2.67. The zero-order chi connectivity index (χ0) is 33.8. The molecule has 3 heterocycles. The van der Waals surface area contributed by atoms with Crippen LogP contribution in [0, 0.1) is 0 Å². The number of para-hydroxylation sites is 6. The van der Waals surface area contributed by atoms with E-state index in [2.05, 4.69) is 203 Å². The quantitative estimate of drug-likeness (QED) is 0.188. The molecule has 1 aliphatic carbocycles. The van der Waals surface area contributed by atoms with Crippen LogP contribution in [0.15, 0.2) is 170 Å². The fraction of sp³-hybridized carbons (Fsp3) is 0.0638. The van der Waals surface area contributed by atoms with Crippen molar-refractivity contribution in [2.45, 2.75) is 19.3 Å². The summed E-state index contributed by atoms with van der Waals surface area (Å²) in [5.41, 5.74) is 16.8. The maximum absolute atomic E-state index is 2.57. The molecule has 0 unspecified atom stereocenters. The molecule has 7 aromatic carbocycles. The van der Waals surface area contributed by atoms with E-state index < -0.39 is 0 Å². The van der Waals surface area contributed by atoms with Gasteiger partial charge in [0.15, 0.2) is 0 Å². The molecule has 11 rings (SSSR count). The summed E-state index contributed by atoms with van der Waals surface area (Å²) in [6, 6.07) is 62.0. The number of benzene rings is 7. The lowest BCUT2D eigenvalue weighted by atomic mass is 9.82. The van der Waals surface area contributed by atoms with Crippen LogP contribution in [0.25, 0.3) is 27.7 Å². The highest BCUT2D eigenvalue weighted by Gasteiger charge is 2.45. The summed E-state index contributed by atoms with van der Waals surface area (Å²) >= 11 is 0. The molecule has 4 heteroatoms. The standard InChI is InChI=1S/C47H34N4/c1-47(2)35-24-13-12-23-34(35)42-36(47)29-30-39-43(42)45-46(49(39)32-19-8-4-9-20-32)50(33-21-10-5-11-22-33)41-28-16-27-40-44(41)51(45)38-26-15-14-25-37(38)48(40)31-17-6-3-7-18-31/h3-30H,1-2H3. The van der Waals surface area contributed by atoms with Gasteiger partial charge in [0.1, 0.15) is 5.82 Å². The van der Waals surface area contributed by atoms with Crippen LogP contribution >= 0.6 is 0 Å². The number of nitrogens with zero attached hydrogens (tertiary/aromatic N) is 4. The van der Waals surface area contributed by atoms with E-state index in [1.165, 1.54) is 44.5 Å². The van der Waals surface area contributed by atoms with Crippen molar-refractivity contribution in [1.29, 1.82) is 0 Å². The first kappa shape index (κ1) is 28.3. The number of rotatable bonds is 3. The van der Waals surface area contributed by atoms with Gasteiger partial charge in [-0.25, -0.2) is 0 Å². The molecule has 0 atom stereocenters. The van der Waals surface area contributed by atoms with Crippen LogP contribution in [0.2, 0.25) is 0 Å². The Balaban J connectivity index is 1.36. The predicted molar refractivity (Wildman–Crippen MR) is 212 cm³/mol. The Morgan fingerprint density at radius 1 is 0.392 bits per heavy atom. The summed E-state index contributed by atoms with van der Waals surface area (Å²) in [5.74, 6) is 1.13. The Morgan fingerprint density at radius 3 is 1.61 bits per heavy atom. The van der Waals surface area contributed by atoms with Crippen molar-refractivity contribution < 1.29 is 0 Å². The van der Waals surface area contributed by atoms with Crippen LogP contribution in [0.3, 0.4) is 0 Å². The second kappa shape index (κ2) is 10.3. The lowest BCUT2D eigenvalue weighted by Gasteiger charge is -2.46. The average Bonchev–Trinajstić information content (AvgIpc) is 3.64. The molecule has 1 aromatic heterocycles. The molecule has 0 amide bonds. The molecule has 0 radical (unpaired) electrons. The largest absolute Gasteiger partial charge is 0.306 e. The number of hydrogen-bond donors (Lipinski definition) is 0. The lowest BCUT2D eigenvalue weighted by Crippen LogP contribution is -2.30. The SMILES string of the molecule is CC1(C)c2ccccc2-c2c1ccc1c2c2c(n1-c1ccccc1)N(c1ccccc1)c1cccc3c1N2c1ccccc1N3c1ccccc1. The molecule has 0 spiro atoms. The molecule has 0 saturated carbocycles. The Labute approximate surface area is 297 Å². The summed E-state index contributed by atoms with van der Waals surface area (Å²) in [6.45, 7) is 4.75. The summed E-state index contributed by atoms with van der Waals surface area (Å²) < 4.78 is 2.49. The molecule has 0 bridgehead atoms. The smallest absolute Gasteiger partial charge is 0.148 e. The monoisotopic (exact) mass is 654 g/mol. The van der Waals surface area contributed by atoms with Gasteiger partial charge in [0.2, 0.25) is 0 Å². The molecule has 2 aliphatic heterocycles. The maximum atomic E-state index is 2.57. The lowest BCUT2D eigenvalue weighted by molar-refractivity contribution is 0.661. The minimum Gasteiger partial charge on any atom is -0.306 e. The normalized spacial score (nSPS) is 14.5. The van der Waals surface area contributed by atoms with Crippen LogP contribution in [-0.2, 0) is 5.41 Å². The molecule has 8 aromatic rings. The number of aromatic nitrogens is 1. The number of anilines is 9. The van der Waals surface area contributed by atoms with E-state index in [1.54, 1.807) is 0 Å². The van der Waals surface area contributed by atoms with Crippen molar-refractivity contribution in [3.8, 4) is 16.8 Å². The third-order valence-corrected chi connectivity index (χ3v) is 11.2. The van der Waals surface area contributed by atoms with E-state index in [1.807, 2.05) is 0 Å². The first-order valence-electron chi connectivity index (χ1n) is 17.7. The van der Waals surface area contributed by atoms with Gasteiger partial charge >= 0.3 is 0 Å². The minimum atomic E-state index is -0.136. The molecule has 0 N–H and O–H groups in total. The second-order valence-corrected chi connectivity index (χ2v) is 14.2. The highest BCUT2D eigenvalue weighted by atomic mass is 15.4. The topological polar surface area (TPSA) is 14.7 Å². The highest BCUT2D eigenvalue weighted by molar-refractivity contribution is 6.22. The van der Waals surface area contributed by atoms with Crippen LogP contribution in [-0.4, -0.2) is 4.57 Å². The Kier molecular flexibility index (Phi) is 5.70. The van der Waals surface area contributed by atoms with Crippen molar-refractivity contribution in [3.63, 3.8) is 0 Å². The van der Waals surface area contributed by atoms with Gasteiger partial charge < -0.3 is 9.80 Å². The van der Waals surface area contributed by atoms with Crippen molar-refractivity contribution in [2.24, 2.45) is 0 Å².